The number of hydrogen-bond donors (Lipinski definition) is 2. The zero-order valence-electron chi connectivity index (χ0n) is 10.9. The number of carbonyl (C=O) groups is 2. The molecule has 5 nitrogen and oxygen atoms in total. The Hall–Kier alpha value is -2.32. The molecular formula is C14H16N2O3. The number of ether oxygens (including phenoxy) is 1. The summed E-state index contributed by atoms with van der Waals surface area (Å²) in [6.45, 7) is 1.76. The molecule has 0 aliphatic rings. The predicted octanol–water partition coefficient (Wildman–Crippen LogP) is 0.759. The van der Waals surface area contributed by atoms with E-state index < -0.39 is 0 Å². The van der Waals surface area contributed by atoms with Crippen molar-refractivity contribution in [3.8, 4) is 11.8 Å². The molecule has 2 amide bonds. The van der Waals surface area contributed by atoms with Crippen molar-refractivity contribution in [1.82, 2.24) is 5.32 Å². The molecule has 0 radical (unpaired) electrons. The van der Waals surface area contributed by atoms with Crippen LogP contribution in [0.2, 0.25) is 0 Å². The first-order valence-electron chi connectivity index (χ1n) is 5.74. The number of anilines is 1. The van der Waals surface area contributed by atoms with E-state index in [-0.39, 0.29) is 25.0 Å². The van der Waals surface area contributed by atoms with Gasteiger partial charge in [-0.05, 0) is 24.3 Å². The van der Waals surface area contributed by atoms with Crippen molar-refractivity contribution in [2.75, 3.05) is 25.6 Å². The third-order valence-electron chi connectivity index (χ3n) is 2.09. The Morgan fingerprint density at radius 2 is 1.95 bits per heavy atom. The van der Waals surface area contributed by atoms with Gasteiger partial charge in [-0.3, -0.25) is 9.59 Å². The first-order chi connectivity index (χ1) is 9.11. The summed E-state index contributed by atoms with van der Waals surface area (Å²) in [5, 5.41) is 5.27. The molecule has 0 fully saturated rings. The quantitative estimate of drug-likeness (QED) is 0.785. The summed E-state index contributed by atoms with van der Waals surface area (Å²) in [6.07, 6.45) is 0. The molecule has 0 saturated heterocycles. The first kappa shape index (κ1) is 14.7. The Labute approximate surface area is 112 Å². The number of amides is 2. The van der Waals surface area contributed by atoms with Gasteiger partial charge in [-0.15, -0.1) is 0 Å². The number of hydrogen-bond acceptors (Lipinski definition) is 3. The fraction of sp³-hybridized carbons (Fsp3) is 0.286. The highest BCUT2D eigenvalue weighted by molar-refractivity contribution is 5.88. The lowest BCUT2D eigenvalue weighted by Gasteiger charge is -2.00. The first-order valence-corrected chi connectivity index (χ1v) is 5.74. The van der Waals surface area contributed by atoms with Crippen LogP contribution in [0.25, 0.3) is 0 Å². The van der Waals surface area contributed by atoms with Crippen LogP contribution in [0.4, 0.5) is 5.69 Å². The second-order valence-corrected chi connectivity index (χ2v) is 3.77. The van der Waals surface area contributed by atoms with Crippen LogP contribution in [0.1, 0.15) is 12.5 Å². The molecular weight excluding hydrogens is 244 g/mol. The molecule has 0 unspecified atom stereocenters. The second kappa shape index (κ2) is 7.90. The summed E-state index contributed by atoms with van der Waals surface area (Å²) >= 11 is 0. The van der Waals surface area contributed by atoms with Crippen molar-refractivity contribution in [3.63, 3.8) is 0 Å². The van der Waals surface area contributed by atoms with Crippen molar-refractivity contribution in [2.24, 2.45) is 0 Å². The maximum absolute atomic E-state index is 11.1. The van der Waals surface area contributed by atoms with E-state index in [0.717, 1.165) is 11.3 Å². The predicted molar refractivity (Wildman–Crippen MR) is 72.5 cm³/mol. The summed E-state index contributed by atoms with van der Waals surface area (Å²) in [7, 11) is 1.46. The van der Waals surface area contributed by atoms with Gasteiger partial charge in [0.15, 0.2) is 0 Å². The van der Waals surface area contributed by atoms with Gasteiger partial charge < -0.3 is 15.4 Å². The van der Waals surface area contributed by atoms with E-state index in [9.17, 15) is 9.59 Å². The lowest BCUT2D eigenvalue weighted by atomic mass is 10.2. The van der Waals surface area contributed by atoms with Crippen molar-refractivity contribution in [1.29, 1.82) is 0 Å². The Balaban J connectivity index is 2.45. The molecule has 2 N–H and O–H groups in total. The van der Waals surface area contributed by atoms with Crippen LogP contribution in [0.3, 0.4) is 0 Å². The Bertz CT molecular complexity index is 498. The number of benzene rings is 1. The fourth-order valence-electron chi connectivity index (χ4n) is 1.31. The highest BCUT2D eigenvalue weighted by Crippen LogP contribution is 2.08. The van der Waals surface area contributed by atoms with E-state index in [2.05, 4.69) is 27.2 Å². The molecule has 1 aromatic carbocycles. The van der Waals surface area contributed by atoms with E-state index >= 15 is 0 Å². The van der Waals surface area contributed by atoms with Gasteiger partial charge >= 0.3 is 0 Å². The molecule has 0 aliphatic carbocycles. The van der Waals surface area contributed by atoms with E-state index in [0.29, 0.717) is 0 Å². The van der Waals surface area contributed by atoms with Crippen LogP contribution in [0.15, 0.2) is 24.3 Å². The average molecular weight is 260 g/mol. The van der Waals surface area contributed by atoms with Crippen LogP contribution >= 0.6 is 0 Å². The van der Waals surface area contributed by atoms with Crippen molar-refractivity contribution >= 4 is 17.5 Å². The largest absolute Gasteiger partial charge is 0.375 e. The van der Waals surface area contributed by atoms with Gasteiger partial charge in [-0.2, -0.15) is 0 Å². The minimum Gasteiger partial charge on any atom is -0.375 e. The van der Waals surface area contributed by atoms with Crippen LogP contribution in [0, 0.1) is 11.8 Å². The summed E-state index contributed by atoms with van der Waals surface area (Å²) in [5.74, 6) is 5.42. The lowest BCUT2D eigenvalue weighted by Crippen LogP contribution is -2.27. The lowest BCUT2D eigenvalue weighted by molar-refractivity contribution is -0.124. The van der Waals surface area contributed by atoms with Gasteiger partial charge in [0.2, 0.25) is 11.8 Å². The summed E-state index contributed by atoms with van der Waals surface area (Å²) in [4.78, 5) is 21.9. The molecule has 1 aromatic rings. The molecule has 0 spiro atoms. The topological polar surface area (TPSA) is 67.4 Å². The van der Waals surface area contributed by atoms with Crippen LogP contribution in [-0.2, 0) is 14.3 Å². The molecule has 0 saturated carbocycles. The normalized spacial score (nSPS) is 9.16. The van der Waals surface area contributed by atoms with Gasteiger partial charge in [0.25, 0.3) is 0 Å². The third-order valence-corrected chi connectivity index (χ3v) is 2.09. The SMILES string of the molecule is COCC(=O)NCC#Cc1ccc(NC(C)=O)cc1. The summed E-state index contributed by atoms with van der Waals surface area (Å²) < 4.78 is 4.67. The molecule has 0 aliphatic heterocycles. The van der Waals surface area contributed by atoms with Crippen LogP contribution in [0.5, 0.6) is 0 Å². The molecule has 0 heterocycles. The monoisotopic (exact) mass is 260 g/mol. The molecule has 0 aromatic heterocycles. The zero-order valence-corrected chi connectivity index (χ0v) is 10.9. The molecule has 100 valence electrons. The van der Waals surface area contributed by atoms with Gasteiger partial charge in [0, 0.05) is 25.3 Å². The van der Waals surface area contributed by atoms with Gasteiger partial charge in [-0.25, -0.2) is 0 Å². The average Bonchev–Trinajstić information content (AvgIpc) is 2.36. The molecule has 19 heavy (non-hydrogen) atoms. The summed E-state index contributed by atoms with van der Waals surface area (Å²) in [5.41, 5.74) is 1.54. The van der Waals surface area contributed by atoms with Gasteiger partial charge in [0.05, 0.1) is 6.54 Å². The third kappa shape index (κ3) is 6.24. The van der Waals surface area contributed by atoms with Crippen molar-refractivity contribution in [3.05, 3.63) is 29.8 Å². The van der Waals surface area contributed by atoms with Gasteiger partial charge in [-0.1, -0.05) is 11.8 Å². The van der Waals surface area contributed by atoms with Crippen LogP contribution < -0.4 is 10.6 Å². The molecule has 1 rings (SSSR count). The summed E-state index contributed by atoms with van der Waals surface area (Å²) in [6, 6.07) is 7.15. The van der Waals surface area contributed by atoms with E-state index in [4.69, 9.17) is 0 Å². The fourth-order valence-corrected chi connectivity index (χ4v) is 1.31. The molecule has 0 atom stereocenters. The smallest absolute Gasteiger partial charge is 0.246 e. The Morgan fingerprint density at radius 3 is 2.53 bits per heavy atom. The number of rotatable bonds is 4. The highest BCUT2D eigenvalue weighted by Gasteiger charge is 1.96. The van der Waals surface area contributed by atoms with Crippen molar-refractivity contribution in [2.45, 2.75) is 6.92 Å². The van der Waals surface area contributed by atoms with E-state index in [1.54, 1.807) is 24.3 Å². The Morgan fingerprint density at radius 1 is 1.26 bits per heavy atom. The van der Waals surface area contributed by atoms with E-state index in [1.165, 1.54) is 14.0 Å². The zero-order chi connectivity index (χ0) is 14.1. The number of carbonyl (C=O) groups excluding carboxylic acids is 2. The number of nitrogens with one attached hydrogen (secondary N) is 2. The van der Waals surface area contributed by atoms with Gasteiger partial charge in [0.1, 0.15) is 6.61 Å². The van der Waals surface area contributed by atoms with Crippen LogP contribution in [-0.4, -0.2) is 32.1 Å². The Kier molecular flexibility index (Phi) is 6.13. The minimum atomic E-state index is -0.196. The maximum atomic E-state index is 11.1. The second-order valence-electron chi connectivity index (χ2n) is 3.77. The maximum Gasteiger partial charge on any atom is 0.246 e. The minimum absolute atomic E-state index is 0.0348. The molecule has 0 bridgehead atoms. The standard InChI is InChI=1S/C14H16N2O3/c1-11(17)16-13-7-5-12(6-8-13)4-3-9-15-14(18)10-19-2/h5-8H,9-10H2,1-2H3,(H,15,18)(H,16,17). The molecule has 5 heteroatoms. The highest BCUT2D eigenvalue weighted by atomic mass is 16.5. The van der Waals surface area contributed by atoms with Crippen molar-refractivity contribution < 1.29 is 14.3 Å². The van der Waals surface area contributed by atoms with E-state index in [1.807, 2.05) is 0 Å². The number of methoxy groups -OCH3 is 1.